The molecule has 6 heteroatoms. The van der Waals surface area contributed by atoms with Gasteiger partial charge in [0.15, 0.2) is 5.69 Å². The second kappa shape index (κ2) is 5.35. The van der Waals surface area contributed by atoms with Gasteiger partial charge in [0.1, 0.15) is 5.82 Å². The Bertz CT molecular complexity index is 721. The Morgan fingerprint density at radius 1 is 1.43 bits per heavy atom. The maximum atomic E-state index is 11.5. The summed E-state index contributed by atoms with van der Waals surface area (Å²) in [5.74, 6) is 0.223. The number of aryl methyl sites for hydroxylation is 1. The number of carboxylic acids is 1. The highest BCUT2D eigenvalue weighted by Crippen LogP contribution is 2.40. The summed E-state index contributed by atoms with van der Waals surface area (Å²) in [6.45, 7) is 2.10. The summed E-state index contributed by atoms with van der Waals surface area (Å²) in [6, 6.07) is 5.20. The van der Waals surface area contributed by atoms with Crippen LogP contribution in [0.3, 0.4) is 0 Å². The Kier molecular flexibility index (Phi) is 3.68. The van der Waals surface area contributed by atoms with Crippen molar-refractivity contribution < 1.29 is 9.90 Å². The molecule has 1 aliphatic carbocycles. The first-order valence-electron chi connectivity index (χ1n) is 6.71. The minimum atomic E-state index is -0.968. The molecular weight excluding hydrogens is 311 g/mol. The van der Waals surface area contributed by atoms with Gasteiger partial charge in [0.05, 0.1) is 12.2 Å². The van der Waals surface area contributed by atoms with Gasteiger partial charge in [-0.2, -0.15) is 0 Å². The monoisotopic (exact) mass is 324 g/mol. The van der Waals surface area contributed by atoms with E-state index in [0.717, 1.165) is 24.2 Å². The lowest BCUT2D eigenvalue weighted by atomic mass is 10.2. The predicted octanol–water partition coefficient (Wildman–Crippen LogP) is 4.12. The van der Waals surface area contributed by atoms with Gasteiger partial charge in [-0.05, 0) is 43.5 Å². The van der Waals surface area contributed by atoms with E-state index in [4.69, 9.17) is 23.2 Å². The van der Waals surface area contributed by atoms with E-state index in [9.17, 15) is 9.90 Å². The van der Waals surface area contributed by atoms with E-state index in [2.05, 4.69) is 4.98 Å². The zero-order chi connectivity index (χ0) is 15.1. The number of nitrogens with zero attached hydrogens (tertiary/aromatic N) is 2. The highest BCUT2D eigenvalue weighted by atomic mass is 35.5. The number of rotatable bonds is 4. The van der Waals surface area contributed by atoms with E-state index < -0.39 is 5.97 Å². The SMILES string of the molecule is Cc1nc(C2CC2)n(Cc2cc(Cl)ccc2Cl)c1C(=O)O. The van der Waals surface area contributed by atoms with Crippen molar-refractivity contribution in [1.29, 1.82) is 0 Å². The molecular formula is C15H14Cl2N2O2. The standard InChI is InChI=1S/C15H14Cl2N2O2/c1-8-13(15(20)21)19(14(18-8)9-2-3-9)7-10-6-11(16)4-5-12(10)17/h4-6,9H,2-3,7H2,1H3,(H,20,21). The second-order valence-electron chi connectivity index (χ2n) is 5.31. The van der Waals surface area contributed by atoms with Crippen LogP contribution in [0.2, 0.25) is 10.0 Å². The summed E-state index contributed by atoms with van der Waals surface area (Å²) in [6.07, 6.45) is 2.11. The van der Waals surface area contributed by atoms with Gasteiger partial charge in [-0.15, -0.1) is 0 Å². The maximum Gasteiger partial charge on any atom is 0.354 e. The van der Waals surface area contributed by atoms with Crippen molar-refractivity contribution in [2.24, 2.45) is 0 Å². The van der Waals surface area contributed by atoms with Crippen LogP contribution in [-0.2, 0) is 6.54 Å². The fourth-order valence-corrected chi connectivity index (χ4v) is 2.89. The van der Waals surface area contributed by atoms with Crippen LogP contribution in [0.4, 0.5) is 0 Å². The lowest BCUT2D eigenvalue weighted by molar-refractivity contribution is 0.0684. The Morgan fingerprint density at radius 3 is 2.76 bits per heavy atom. The molecule has 1 N–H and O–H groups in total. The maximum absolute atomic E-state index is 11.5. The topological polar surface area (TPSA) is 55.1 Å². The van der Waals surface area contributed by atoms with Crippen molar-refractivity contribution in [1.82, 2.24) is 9.55 Å². The smallest absolute Gasteiger partial charge is 0.354 e. The summed E-state index contributed by atoms with van der Waals surface area (Å²) in [7, 11) is 0. The average molecular weight is 325 g/mol. The van der Waals surface area contributed by atoms with Crippen LogP contribution in [-0.4, -0.2) is 20.6 Å². The molecule has 110 valence electrons. The Balaban J connectivity index is 2.08. The normalized spacial score (nSPS) is 14.4. The number of carbonyl (C=O) groups is 1. The van der Waals surface area contributed by atoms with E-state index in [0.29, 0.717) is 28.2 Å². The number of hydrogen-bond acceptors (Lipinski definition) is 2. The fraction of sp³-hybridized carbons (Fsp3) is 0.333. The van der Waals surface area contributed by atoms with Crippen molar-refractivity contribution in [2.75, 3.05) is 0 Å². The van der Waals surface area contributed by atoms with Crippen LogP contribution < -0.4 is 0 Å². The van der Waals surface area contributed by atoms with Crippen LogP contribution in [0.5, 0.6) is 0 Å². The number of benzene rings is 1. The first-order chi connectivity index (χ1) is 9.97. The number of aromatic nitrogens is 2. The van der Waals surface area contributed by atoms with Gasteiger partial charge in [0.25, 0.3) is 0 Å². The van der Waals surface area contributed by atoms with Crippen molar-refractivity contribution >= 4 is 29.2 Å². The highest BCUT2D eigenvalue weighted by Gasteiger charge is 2.32. The average Bonchev–Trinajstić information content (AvgIpc) is 3.19. The second-order valence-corrected chi connectivity index (χ2v) is 6.15. The Morgan fingerprint density at radius 2 is 2.14 bits per heavy atom. The van der Waals surface area contributed by atoms with E-state index in [1.165, 1.54) is 0 Å². The first kappa shape index (κ1) is 14.4. The minimum Gasteiger partial charge on any atom is -0.477 e. The number of imidazole rings is 1. The number of hydrogen-bond donors (Lipinski definition) is 1. The molecule has 1 aromatic heterocycles. The van der Waals surface area contributed by atoms with Crippen LogP contribution in [0.25, 0.3) is 0 Å². The van der Waals surface area contributed by atoms with Gasteiger partial charge in [-0.1, -0.05) is 23.2 Å². The van der Waals surface area contributed by atoms with E-state index >= 15 is 0 Å². The molecule has 1 aliphatic rings. The molecule has 0 saturated heterocycles. The van der Waals surface area contributed by atoms with Crippen molar-refractivity contribution in [2.45, 2.75) is 32.2 Å². The van der Waals surface area contributed by atoms with Crippen molar-refractivity contribution in [3.8, 4) is 0 Å². The molecule has 0 spiro atoms. The summed E-state index contributed by atoms with van der Waals surface area (Å²) in [4.78, 5) is 16.0. The molecule has 1 fully saturated rings. The highest BCUT2D eigenvalue weighted by molar-refractivity contribution is 6.33. The zero-order valence-electron chi connectivity index (χ0n) is 11.4. The molecule has 0 atom stereocenters. The molecule has 1 heterocycles. The van der Waals surface area contributed by atoms with Crippen LogP contribution in [0, 0.1) is 6.92 Å². The molecule has 2 aromatic rings. The molecule has 1 aromatic carbocycles. The number of carboxylic acid groups (broad SMARTS) is 1. The third-order valence-corrected chi connectivity index (χ3v) is 4.26. The first-order valence-corrected chi connectivity index (χ1v) is 7.47. The van der Waals surface area contributed by atoms with E-state index in [1.807, 2.05) is 0 Å². The minimum absolute atomic E-state index is 0.230. The van der Waals surface area contributed by atoms with Gasteiger partial charge in [0, 0.05) is 16.0 Å². The molecule has 0 aliphatic heterocycles. The third kappa shape index (κ3) is 2.78. The quantitative estimate of drug-likeness (QED) is 0.920. The summed E-state index contributed by atoms with van der Waals surface area (Å²) in [5.41, 5.74) is 1.57. The molecule has 1 saturated carbocycles. The fourth-order valence-electron chi connectivity index (χ4n) is 2.51. The third-order valence-electron chi connectivity index (χ3n) is 3.65. The number of aromatic carboxylic acids is 1. The molecule has 0 unspecified atom stereocenters. The van der Waals surface area contributed by atoms with Crippen LogP contribution in [0.15, 0.2) is 18.2 Å². The lowest BCUT2D eigenvalue weighted by Gasteiger charge is -2.11. The van der Waals surface area contributed by atoms with Crippen molar-refractivity contribution in [3.63, 3.8) is 0 Å². The summed E-state index contributed by atoms with van der Waals surface area (Å²) >= 11 is 12.2. The summed E-state index contributed by atoms with van der Waals surface area (Å²) in [5, 5.41) is 10.6. The van der Waals surface area contributed by atoms with E-state index in [-0.39, 0.29) is 5.69 Å². The van der Waals surface area contributed by atoms with E-state index in [1.54, 1.807) is 29.7 Å². The van der Waals surface area contributed by atoms with Crippen molar-refractivity contribution in [3.05, 3.63) is 51.0 Å². The molecule has 21 heavy (non-hydrogen) atoms. The van der Waals surface area contributed by atoms with Gasteiger partial charge in [-0.25, -0.2) is 9.78 Å². The largest absolute Gasteiger partial charge is 0.477 e. The summed E-state index contributed by atoms with van der Waals surface area (Å²) < 4.78 is 1.76. The van der Waals surface area contributed by atoms with Crippen LogP contribution in [0.1, 0.15) is 46.3 Å². The molecule has 0 amide bonds. The molecule has 3 rings (SSSR count). The predicted molar refractivity (Wildman–Crippen MR) is 81.5 cm³/mol. The van der Waals surface area contributed by atoms with Gasteiger partial charge < -0.3 is 9.67 Å². The Labute approximate surface area is 132 Å². The van der Waals surface area contributed by atoms with Gasteiger partial charge in [0.2, 0.25) is 0 Å². The van der Waals surface area contributed by atoms with Crippen LogP contribution >= 0.6 is 23.2 Å². The number of halogens is 2. The molecule has 0 bridgehead atoms. The zero-order valence-corrected chi connectivity index (χ0v) is 12.9. The molecule has 0 radical (unpaired) electrons. The molecule has 4 nitrogen and oxygen atoms in total. The lowest BCUT2D eigenvalue weighted by Crippen LogP contribution is -2.13. The Hall–Kier alpha value is -1.52. The van der Waals surface area contributed by atoms with Gasteiger partial charge in [-0.3, -0.25) is 0 Å². The van der Waals surface area contributed by atoms with Gasteiger partial charge >= 0.3 is 5.97 Å².